The van der Waals surface area contributed by atoms with E-state index in [9.17, 15) is 9.59 Å². The predicted molar refractivity (Wildman–Crippen MR) is 68.7 cm³/mol. The summed E-state index contributed by atoms with van der Waals surface area (Å²) in [5, 5.41) is 0. The molecule has 7 heteroatoms. The molecule has 1 atom stereocenters. The minimum atomic E-state index is -0.440. The highest BCUT2D eigenvalue weighted by Crippen LogP contribution is 2.13. The van der Waals surface area contributed by atoms with Crippen LogP contribution in [0.1, 0.15) is 32.1 Å². The molecule has 0 amide bonds. The maximum Gasteiger partial charge on any atom is 0.330 e. The van der Waals surface area contributed by atoms with Crippen LogP contribution < -0.4 is 17.0 Å². The number of nitrogens with one attached hydrogen (secondary N) is 2. The van der Waals surface area contributed by atoms with Gasteiger partial charge in [-0.25, -0.2) is 9.78 Å². The number of fused-ring (bicyclic) bond motifs is 1. The number of nitrogens with zero attached hydrogens (tertiary/aromatic N) is 2. The highest BCUT2D eigenvalue weighted by atomic mass is 16.2. The molecule has 4 N–H and O–H groups in total. The summed E-state index contributed by atoms with van der Waals surface area (Å²) in [7, 11) is 0. The molecule has 0 aliphatic heterocycles. The first-order chi connectivity index (χ1) is 8.58. The molecule has 98 valence electrons. The second-order valence-corrected chi connectivity index (χ2v) is 4.31. The van der Waals surface area contributed by atoms with Gasteiger partial charge in [-0.05, 0) is 19.9 Å². The predicted octanol–water partition coefficient (Wildman–Crippen LogP) is -0.115. The van der Waals surface area contributed by atoms with E-state index in [0.29, 0.717) is 30.0 Å². The Hall–Kier alpha value is -1.89. The van der Waals surface area contributed by atoms with Crippen LogP contribution in [0.5, 0.6) is 0 Å². The second-order valence-electron chi connectivity index (χ2n) is 4.31. The number of aromatic amines is 2. The zero-order chi connectivity index (χ0) is 13.3. The number of hydrogen-bond donors (Lipinski definition) is 3. The normalized spacial score (nSPS) is 13.1. The van der Waals surface area contributed by atoms with Crippen LogP contribution in [0.25, 0.3) is 11.2 Å². The molecule has 0 saturated carbocycles. The highest BCUT2D eigenvalue weighted by Gasteiger charge is 2.15. The van der Waals surface area contributed by atoms with Crippen molar-refractivity contribution >= 4 is 11.2 Å². The Bertz CT molecular complexity index is 666. The minimum absolute atomic E-state index is 0.0223. The number of nitrogens with two attached hydrogens (primary N) is 1. The van der Waals surface area contributed by atoms with Crippen LogP contribution >= 0.6 is 0 Å². The molecule has 1 unspecified atom stereocenters. The topological polar surface area (TPSA) is 110 Å². The monoisotopic (exact) mass is 251 g/mol. The fraction of sp³-hybridized carbons (Fsp3) is 0.545. The number of aromatic nitrogens is 4. The van der Waals surface area contributed by atoms with Gasteiger partial charge >= 0.3 is 5.69 Å². The maximum absolute atomic E-state index is 11.9. The van der Waals surface area contributed by atoms with Crippen LogP contribution in [0.3, 0.4) is 0 Å². The van der Waals surface area contributed by atoms with Crippen molar-refractivity contribution in [3.8, 4) is 0 Å². The molecule has 2 heterocycles. The van der Waals surface area contributed by atoms with Crippen molar-refractivity contribution in [2.24, 2.45) is 5.73 Å². The van der Waals surface area contributed by atoms with E-state index in [2.05, 4.69) is 15.0 Å². The third kappa shape index (κ3) is 1.97. The summed E-state index contributed by atoms with van der Waals surface area (Å²) in [4.78, 5) is 33.1. The standard InChI is InChI=1S/C11H17N5O2/c1-3-6(2)16-9-8(10(17)15-11(16)18)13-7(14-9)4-5-12/h6H,3-5,12H2,1-2H3,(H,13,14)(H,15,17,18). The molecule has 0 aliphatic carbocycles. The van der Waals surface area contributed by atoms with Crippen molar-refractivity contribution in [2.75, 3.05) is 6.54 Å². The SMILES string of the molecule is CCC(C)n1c(=O)[nH]c(=O)c2[nH]c(CCN)nc21. The Balaban J connectivity index is 2.76. The Morgan fingerprint density at radius 3 is 2.72 bits per heavy atom. The van der Waals surface area contributed by atoms with Crippen molar-refractivity contribution in [3.63, 3.8) is 0 Å². The second kappa shape index (κ2) is 4.77. The van der Waals surface area contributed by atoms with Crippen LogP contribution in [0.2, 0.25) is 0 Å². The molecule has 7 nitrogen and oxygen atoms in total. The van der Waals surface area contributed by atoms with Gasteiger partial charge in [0.05, 0.1) is 0 Å². The Morgan fingerprint density at radius 1 is 1.39 bits per heavy atom. The molecule has 2 rings (SSSR count). The lowest BCUT2D eigenvalue weighted by molar-refractivity contribution is 0.517. The Morgan fingerprint density at radius 2 is 2.11 bits per heavy atom. The summed E-state index contributed by atoms with van der Waals surface area (Å²) in [5.74, 6) is 0.626. The smallest absolute Gasteiger partial charge is 0.330 e. The number of rotatable bonds is 4. The van der Waals surface area contributed by atoms with Crippen LogP contribution in [0, 0.1) is 0 Å². The summed E-state index contributed by atoms with van der Waals surface area (Å²) in [6.07, 6.45) is 1.32. The van der Waals surface area contributed by atoms with E-state index in [1.54, 1.807) is 0 Å². The van der Waals surface area contributed by atoms with Crippen molar-refractivity contribution < 1.29 is 0 Å². The number of H-pyrrole nitrogens is 2. The summed E-state index contributed by atoms with van der Waals surface area (Å²) < 4.78 is 1.51. The molecule has 0 radical (unpaired) electrons. The molecular formula is C11H17N5O2. The van der Waals surface area contributed by atoms with Crippen molar-refractivity contribution in [2.45, 2.75) is 32.7 Å². The largest absolute Gasteiger partial charge is 0.336 e. The number of hydrogen-bond acceptors (Lipinski definition) is 4. The van der Waals surface area contributed by atoms with Gasteiger partial charge in [-0.3, -0.25) is 14.3 Å². The van der Waals surface area contributed by atoms with Gasteiger partial charge in [-0.15, -0.1) is 0 Å². The fourth-order valence-electron chi connectivity index (χ4n) is 1.91. The zero-order valence-electron chi connectivity index (χ0n) is 10.5. The van der Waals surface area contributed by atoms with Gasteiger partial charge in [0.1, 0.15) is 11.3 Å². The first-order valence-corrected chi connectivity index (χ1v) is 6.02. The van der Waals surface area contributed by atoms with Gasteiger partial charge in [0, 0.05) is 12.5 Å². The van der Waals surface area contributed by atoms with Gasteiger partial charge in [-0.1, -0.05) is 6.92 Å². The number of imidazole rings is 1. The molecular weight excluding hydrogens is 234 g/mol. The lowest BCUT2D eigenvalue weighted by Crippen LogP contribution is -2.32. The lowest BCUT2D eigenvalue weighted by atomic mass is 10.2. The minimum Gasteiger partial charge on any atom is -0.336 e. The van der Waals surface area contributed by atoms with E-state index in [0.717, 1.165) is 6.42 Å². The lowest BCUT2D eigenvalue weighted by Gasteiger charge is -2.12. The molecule has 18 heavy (non-hydrogen) atoms. The van der Waals surface area contributed by atoms with E-state index in [-0.39, 0.29) is 6.04 Å². The van der Waals surface area contributed by atoms with E-state index >= 15 is 0 Å². The molecule has 0 fully saturated rings. The first kappa shape index (κ1) is 12.6. The van der Waals surface area contributed by atoms with Gasteiger partial charge < -0.3 is 10.7 Å². The van der Waals surface area contributed by atoms with E-state index in [1.165, 1.54) is 4.57 Å². The third-order valence-electron chi connectivity index (χ3n) is 3.04. The molecule has 2 aromatic heterocycles. The van der Waals surface area contributed by atoms with Gasteiger partial charge in [-0.2, -0.15) is 0 Å². The molecule has 0 aromatic carbocycles. The summed E-state index contributed by atoms with van der Waals surface area (Å²) in [5.41, 5.74) is 5.33. The van der Waals surface area contributed by atoms with Gasteiger partial charge in [0.25, 0.3) is 5.56 Å². The van der Waals surface area contributed by atoms with Crippen molar-refractivity contribution in [1.82, 2.24) is 19.5 Å². The summed E-state index contributed by atoms with van der Waals surface area (Å²) in [6, 6.07) is -0.0223. The van der Waals surface area contributed by atoms with Crippen molar-refractivity contribution in [3.05, 3.63) is 26.7 Å². The molecule has 0 saturated heterocycles. The van der Waals surface area contributed by atoms with Crippen LogP contribution in [-0.4, -0.2) is 26.1 Å². The average molecular weight is 251 g/mol. The van der Waals surface area contributed by atoms with Crippen LogP contribution in [0.4, 0.5) is 0 Å². The van der Waals surface area contributed by atoms with Crippen molar-refractivity contribution in [1.29, 1.82) is 0 Å². The quantitative estimate of drug-likeness (QED) is 0.704. The van der Waals surface area contributed by atoms with E-state index in [4.69, 9.17) is 5.73 Å². The van der Waals surface area contributed by atoms with Gasteiger partial charge in [0.15, 0.2) is 5.65 Å². The molecule has 2 aromatic rings. The Labute approximate surface area is 103 Å². The molecule has 0 aliphatic rings. The summed E-state index contributed by atoms with van der Waals surface area (Å²) in [6.45, 7) is 4.32. The first-order valence-electron chi connectivity index (χ1n) is 6.02. The molecule has 0 spiro atoms. The van der Waals surface area contributed by atoms with Gasteiger partial charge in [0.2, 0.25) is 0 Å². The highest BCUT2D eigenvalue weighted by molar-refractivity contribution is 5.69. The molecule has 0 bridgehead atoms. The third-order valence-corrected chi connectivity index (χ3v) is 3.04. The van der Waals surface area contributed by atoms with E-state index in [1.807, 2.05) is 13.8 Å². The fourth-order valence-corrected chi connectivity index (χ4v) is 1.91. The average Bonchev–Trinajstić information content (AvgIpc) is 2.73. The van der Waals surface area contributed by atoms with Crippen LogP contribution in [-0.2, 0) is 6.42 Å². The van der Waals surface area contributed by atoms with E-state index < -0.39 is 11.2 Å². The Kier molecular flexibility index (Phi) is 3.33. The zero-order valence-corrected chi connectivity index (χ0v) is 10.5. The maximum atomic E-state index is 11.9. The summed E-state index contributed by atoms with van der Waals surface area (Å²) >= 11 is 0. The van der Waals surface area contributed by atoms with Crippen LogP contribution in [0.15, 0.2) is 9.59 Å².